The van der Waals surface area contributed by atoms with E-state index in [1.54, 1.807) is 0 Å². The van der Waals surface area contributed by atoms with Crippen molar-refractivity contribution in [1.29, 1.82) is 0 Å². The van der Waals surface area contributed by atoms with E-state index in [0.29, 0.717) is 12.0 Å². The fraction of sp³-hybridized carbons (Fsp3) is 1.00. The molecule has 3 rings (SSSR count). The number of likely N-dealkylation sites (tertiary alicyclic amines) is 1. The van der Waals surface area contributed by atoms with Crippen molar-refractivity contribution in [3.05, 3.63) is 0 Å². The molecule has 0 aromatic carbocycles. The first-order valence-electron chi connectivity index (χ1n) is 6.65. The molecule has 2 saturated carbocycles. The van der Waals surface area contributed by atoms with E-state index in [4.69, 9.17) is 0 Å². The second-order valence-electron chi connectivity index (χ2n) is 6.15. The van der Waals surface area contributed by atoms with Crippen LogP contribution in [0.1, 0.15) is 51.4 Å². The summed E-state index contributed by atoms with van der Waals surface area (Å²) in [5.74, 6) is 0. The molecule has 2 aliphatic carbocycles. The van der Waals surface area contributed by atoms with E-state index in [9.17, 15) is 5.11 Å². The van der Waals surface area contributed by atoms with Gasteiger partial charge in [-0.1, -0.05) is 19.3 Å². The lowest BCUT2D eigenvalue weighted by Gasteiger charge is -2.62. The molecule has 1 N–H and O–H groups in total. The van der Waals surface area contributed by atoms with Crippen LogP contribution in [-0.2, 0) is 0 Å². The van der Waals surface area contributed by atoms with Crippen LogP contribution in [0.25, 0.3) is 0 Å². The lowest BCUT2D eigenvalue weighted by atomic mass is 9.64. The van der Waals surface area contributed by atoms with Crippen molar-refractivity contribution in [3.8, 4) is 0 Å². The molecule has 15 heavy (non-hydrogen) atoms. The zero-order chi connectivity index (χ0) is 10.4. The molecule has 2 nitrogen and oxygen atoms in total. The van der Waals surface area contributed by atoms with Crippen LogP contribution in [0.4, 0.5) is 0 Å². The van der Waals surface area contributed by atoms with Gasteiger partial charge in [0.2, 0.25) is 0 Å². The molecule has 3 aliphatic rings. The van der Waals surface area contributed by atoms with Gasteiger partial charge in [0.15, 0.2) is 0 Å². The highest BCUT2D eigenvalue weighted by Crippen LogP contribution is 2.50. The van der Waals surface area contributed by atoms with Gasteiger partial charge in [-0.15, -0.1) is 0 Å². The Morgan fingerprint density at radius 3 is 2.00 bits per heavy atom. The van der Waals surface area contributed by atoms with E-state index in [1.165, 1.54) is 64.5 Å². The third kappa shape index (κ3) is 1.45. The maximum atomic E-state index is 9.52. The molecule has 1 spiro atoms. The first-order valence-corrected chi connectivity index (χ1v) is 6.65. The summed E-state index contributed by atoms with van der Waals surface area (Å²) in [6, 6.07) is 0. The molecular formula is C13H23NO. The van der Waals surface area contributed by atoms with Crippen molar-refractivity contribution in [2.24, 2.45) is 5.41 Å². The number of nitrogens with zero attached hydrogens (tertiary/aromatic N) is 1. The number of rotatable bonds is 2. The average Bonchev–Trinajstić information content (AvgIpc) is 2.16. The number of aliphatic hydroxyl groups excluding tert-OH is 1. The van der Waals surface area contributed by atoms with E-state index in [0.717, 1.165) is 0 Å². The van der Waals surface area contributed by atoms with Crippen LogP contribution in [0.5, 0.6) is 0 Å². The molecule has 86 valence electrons. The lowest BCUT2D eigenvalue weighted by Crippen LogP contribution is -2.69. The first kappa shape index (κ1) is 10.1. The minimum atomic E-state index is 0.225. The Kier molecular flexibility index (Phi) is 2.33. The van der Waals surface area contributed by atoms with Gasteiger partial charge in [-0.2, -0.15) is 0 Å². The van der Waals surface area contributed by atoms with Gasteiger partial charge >= 0.3 is 0 Å². The van der Waals surface area contributed by atoms with E-state index in [2.05, 4.69) is 4.90 Å². The van der Waals surface area contributed by atoms with Crippen molar-refractivity contribution < 1.29 is 5.11 Å². The van der Waals surface area contributed by atoms with Gasteiger partial charge < -0.3 is 5.11 Å². The summed E-state index contributed by atoms with van der Waals surface area (Å²) < 4.78 is 0. The highest BCUT2D eigenvalue weighted by atomic mass is 16.3. The number of hydrogen-bond acceptors (Lipinski definition) is 2. The van der Waals surface area contributed by atoms with Crippen molar-refractivity contribution in [2.75, 3.05) is 19.7 Å². The van der Waals surface area contributed by atoms with Crippen LogP contribution in [0.15, 0.2) is 0 Å². The van der Waals surface area contributed by atoms with Gasteiger partial charge in [-0.3, -0.25) is 4.90 Å². The second-order valence-corrected chi connectivity index (χ2v) is 6.15. The topological polar surface area (TPSA) is 23.5 Å². The molecule has 0 atom stereocenters. The van der Waals surface area contributed by atoms with Crippen molar-refractivity contribution in [3.63, 3.8) is 0 Å². The summed E-state index contributed by atoms with van der Waals surface area (Å²) in [5.41, 5.74) is 0.901. The Morgan fingerprint density at radius 1 is 0.867 bits per heavy atom. The van der Waals surface area contributed by atoms with Crippen LogP contribution >= 0.6 is 0 Å². The summed E-state index contributed by atoms with van der Waals surface area (Å²) in [5, 5.41) is 9.52. The molecule has 1 heterocycles. The Bertz CT molecular complexity index is 227. The van der Waals surface area contributed by atoms with Gasteiger partial charge in [-0.25, -0.2) is 0 Å². The van der Waals surface area contributed by atoms with Crippen molar-refractivity contribution in [2.45, 2.75) is 56.9 Å². The van der Waals surface area contributed by atoms with Crippen LogP contribution < -0.4 is 0 Å². The quantitative estimate of drug-likeness (QED) is 0.753. The maximum Gasteiger partial charge on any atom is 0.0615 e. The molecule has 0 amide bonds. The monoisotopic (exact) mass is 209 g/mol. The third-order valence-electron chi connectivity index (χ3n) is 5.22. The normalized spacial score (nSPS) is 33.4. The predicted molar refractivity (Wildman–Crippen MR) is 60.8 cm³/mol. The third-order valence-corrected chi connectivity index (χ3v) is 5.22. The molecule has 1 saturated heterocycles. The molecule has 0 aromatic heterocycles. The minimum Gasteiger partial charge on any atom is -0.394 e. The van der Waals surface area contributed by atoms with Crippen molar-refractivity contribution in [1.82, 2.24) is 4.90 Å². The summed E-state index contributed by atoms with van der Waals surface area (Å²) >= 11 is 0. The van der Waals surface area contributed by atoms with E-state index in [-0.39, 0.29) is 5.54 Å². The highest BCUT2D eigenvalue weighted by Gasteiger charge is 2.53. The first-order chi connectivity index (χ1) is 7.29. The fourth-order valence-corrected chi connectivity index (χ4v) is 3.88. The molecule has 1 aliphatic heterocycles. The largest absolute Gasteiger partial charge is 0.394 e. The molecule has 3 fully saturated rings. The van der Waals surface area contributed by atoms with Crippen LogP contribution in [0.3, 0.4) is 0 Å². The number of hydrogen-bond donors (Lipinski definition) is 1. The summed E-state index contributed by atoms with van der Waals surface area (Å²) in [6.45, 7) is 2.96. The van der Waals surface area contributed by atoms with E-state index < -0.39 is 0 Å². The lowest BCUT2D eigenvalue weighted by molar-refractivity contribution is -0.141. The zero-order valence-electron chi connectivity index (χ0n) is 9.67. The second kappa shape index (κ2) is 3.46. The Balaban J connectivity index is 1.60. The average molecular weight is 209 g/mol. The minimum absolute atomic E-state index is 0.225. The molecular weight excluding hydrogens is 186 g/mol. The maximum absolute atomic E-state index is 9.52. The highest BCUT2D eigenvalue weighted by molar-refractivity contribution is 5.07. The summed E-state index contributed by atoms with van der Waals surface area (Å²) in [4.78, 5) is 2.59. The summed E-state index contributed by atoms with van der Waals surface area (Å²) in [7, 11) is 0. The molecule has 2 heteroatoms. The zero-order valence-corrected chi connectivity index (χ0v) is 9.67. The molecule has 0 bridgehead atoms. The van der Waals surface area contributed by atoms with Crippen LogP contribution in [0.2, 0.25) is 0 Å². The SMILES string of the molecule is OCC1(N2CC3(CCCCC3)C2)CCC1. The van der Waals surface area contributed by atoms with Gasteiger partial charge in [0.1, 0.15) is 0 Å². The smallest absolute Gasteiger partial charge is 0.0615 e. The van der Waals surface area contributed by atoms with E-state index >= 15 is 0 Å². The molecule has 0 unspecified atom stereocenters. The van der Waals surface area contributed by atoms with Crippen molar-refractivity contribution >= 4 is 0 Å². The van der Waals surface area contributed by atoms with Gasteiger partial charge in [0.25, 0.3) is 0 Å². The standard InChI is InChI=1S/C13H23NO/c15-11-13(7-4-8-13)14-9-12(10-14)5-2-1-3-6-12/h15H,1-11H2. The van der Waals surface area contributed by atoms with E-state index in [1.807, 2.05) is 0 Å². The Labute approximate surface area is 92.7 Å². The fourth-order valence-electron chi connectivity index (χ4n) is 3.88. The Hall–Kier alpha value is -0.0800. The molecule has 0 radical (unpaired) electrons. The van der Waals surface area contributed by atoms with Crippen LogP contribution in [0, 0.1) is 5.41 Å². The molecule has 0 aromatic rings. The van der Waals surface area contributed by atoms with Gasteiger partial charge in [-0.05, 0) is 37.5 Å². The van der Waals surface area contributed by atoms with Gasteiger partial charge in [0, 0.05) is 18.6 Å². The van der Waals surface area contributed by atoms with Gasteiger partial charge in [0.05, 0.1) is 6.61 Å². The predicted octanol–water partition coefficient (Wildman–Crippen LogP) is 2.17. The summed E-state index contributed by atoms with van der Waals surface area (Å²) in [6.07, 6.45) is 11.0. The Morgan fingerprint density at radius 2 is 1.53 bits per heavy atom. The number of aliphatic hydroxyl groups is 1. The van der Waals surface area contributed by atoms with Crippen LogP contribution in [-0.4, -0.2) is 35.2 Å².